The first-order valence-electron chi connectivity index (χ1n) is 5.82. The van der Waals surface area contributed by atoms with Gasteiger partial charge in [0.05, 0.1) is 5.56 Å². The van der Waals surface area contributed by atoms with E-state index in [0.29, 0.717) is 13.1 Å². The number of hydrogen-bond acceptors (Lipinski definition) is 4. The van der Waals surface area contributed by atoms with Gasteiger partial charge in [-0.25, -0.2) is 4.79 Å². The number of amides is 1. The first kappa shape index (κ1) is 12.5. The van der Waals surface area contributed by atoms with Crippen molar-refractivity contribution in [1.29, 1.82) is 0 Å². The molecule has 0 aliphatic carbocycles. The normalized spacial score (nSPS) is 19.6. The number of carbonyl (C=O) groups excluding carboxylic acids is 1. The summed E-state index contributed by atoms with van der Waals surface area (Å²) < 4.78 is 0. The molecule has 1 unspecified atom stereocenters. The van der Waals surface area contributed by atoms with Crippen molar-refractivity contribution >= 4 is 11.9 Å². The highest BCUT2D eigenvalue weighted by Crippen LogP contribution is 2.14. The topological polar surface area (TPSA) is 96.5 Å². The van der Waals surface area contributed by atoms with E-state index in [2.05, 4.69) is 4.98 Å². The fourth-order valence-electron chi connectivity index (χ4n) is 2.09. The number of nitrogens with zero attached hydrogens (tertiary/aromatic N) is 2. The average Bonchev–Trinajstić information content (AvgIpc) is 2.38. The molecule has 1 atom stereocenters. The Bertz CT molecular complexity index is 475. The summed E-state index contributed by atoms with van der Waals surface area (Å²) >= 11 is 0. The van der Waals surface area contributed by atoms with Crippen molar-refractivity contribution in [3.8, 4) is 0 Å². The molecule has 6 nitrogen and oxygen atoms in total. The monoisotopic (exact) mass is 249 g/mol. The summed E-state index contributed by atoms with van der Waals surface area (Å²) in [6, 6.07) is 2.84. The molecule has 1 aromatic heterocycles. The number of carbonyl (C=O) groups is 2. The van der Waals surface area contributed by atoms with E-state index in [4.69, 9.17) is 10.8 Å². The fourth-order valence-corrected chi connectivity index (χ4v) is 2.09. The molecule has 3 N–H and O–H groups in total. The van der Waals surface area contributed by atoms with Crippen LogP contribution >= 0.6 is 0 Å². The number of aromatic carboxylic acids is 1. The van der Waals surface area contributed by atoms with E-state index < -0.39 is 5.97 Å². The van der Waals surface area contributed by atoms with Gasteiger partial charge < -0.3 is 15.7 Å². The Morgan fingerprint density at radius 2 is 2.28 bits per heavy atom. The van der Waals surface area contributed by atoms with Crippen molar-refractivity contribution < 1.29 is 14.7 Å². The first-order chi connectivity index (χ1) is 8.59. The van der Waals surface area contributed by atoms with Crippen molar-refractivity contribution in [1.82, 2.24) is 9.88 Å². The Kier molecular flexibility index (Phi) is 3.57. The van der Waals surface area contributed by atoms with Gasteiger partial charge >= 0.3 is 5.97 Å². The van der Waals surface area contributed by atoms with E-state index >= 15 is 0 Å². The second-order valence-electron chi connectivity index (χ2n) is 4.36. The summed E-state index contributed by atoms with van der Waals surface area (Å²) in [5.41, 5.74) is 5.73. The second-order valence-corrected chi connectivity index (χ2v) is 4.36. The van der Waals surface area contributed by atoms with E-state index in [1.807, 2.05) is 0 Å². The number of pyridine rings is 1. The first-order valence-corrected chi connectivity index (χ1v) is 5.82. The van der Waals surface area contributed by atoms with Crippen LogP contribution in [0.4, 0.5) is 0 Å². The van der Waals surface area contributed by atoms with E-state index in [9.17, 15) is 9.59 Å². The highest BCUT2D eigenvalue weighted by molar-refractivity contribution is 6.03. The van der Waals surface area contributed by atoms with E-state index in [1.165, 1.54) is 18.3 Å². The Balaban J connectivity index is 2.25. The van der Waals surface area contributed by atoms with Gasteiger partial charge in [-0.3, -0.25) is 9.78 Å². The molecule has 18 heavy (non-hydrogen) atoms. The third kappa shape index (κ3) is 2.48. The van der Waals surface area contributed by atoms with Crippen LogP contribution in [0.3, 0.4) is 0 Å². The highest BCUT2D eigenvalue weighted by Gasteiger charge is 2.26. The van der Waals surface area contributed by atoms with Crippen LogP contribution in [0.2, 0.25) is 0 Å². The number of hydrogen-bond donors (Lipinski definition) is 2. The lowest BCUT2D eigenvalue weighted by Crippen LogP contribution is -2.46. The molecular weight excluding hydrogens is 234 g/mol. The van der Waals surface area contributed by atoms with Gasteiger partial charge in [0, 0.05) is 25.3 Å². The molecule has 1 aromatic rings. The molecule has 96 valence electrons. The van der Waals surface area contributed by atoms with Gasteiger partial charge in [-0.05, 0) is 25.0 Å². The molecule has 1 amide bonds. The summed E-state index contributed by atoms with van der Waals surface area (Å²) in [6.45, 7) is 1.05. The van der Waals surface area contributed by atoms with Crippen molar-refractivity contribution in [2.45, 2.75) is 18.9 Å². The molecule has 0 aromatic carbocycles. The molecule has 1 aliphatic heterocycles. The summed E-state index contributed by atoms with van der Waals surface area (Å²) in [5.74, 6) is -1.50. The van der Waals surface area contributed by atoms with Gasteiger partial charge in [0.1, 0.15) is 5.69 Å². The Morgan fingerprint density at radius 3 is 2.94 bits per heavy atom. The summed E-state index contributed by atoms with van der Waals surface area (Å²) in [4.78, 5) is 28.7. The minimum absolute atomic E-state index is 0.0147. The SMILES string of the molecule is NC1CCCN(C(=O)c2ncccc2C(=O)O)C1. The molecule has 2 rings (SSSR count). The lowest BCUT2D eigenvalue weighted by molar-refractivity contribution is 0.0656. The van der Waals surface area contributed by atoms with Crippen LogP contribution in [0.15, 0.2) is 18.3 Å². The van der Waals surface area contributed by atoms with E-state index in [-0.39, 0.29) is 23.2 Å². The fraction of sp³-hybridized carbons (Fsp3) is 0.417. The number of piperidine rings is 1. The largest absolute Gasteiger partial charge is 0.478 e. The molecule has 1 saturated heterocycles. The zero-order valence-electron chi connectivity index (χ0n) is 9.87. The predicted octanol–water partition coefficient (Wildman–Crippen LogP) is 0.343. The number of likely N-dealkylation sites (tertiary alicyclic amines) is 1. The maximum atomic E-state index is 12.2. The van der Waals surface area contributed by atoms with Crippen molar-refractivity contribution in [2.24, 2.45) is 5.73 Å². The van der Waals surface area contributed by atoms with Gasteiger partial charge in [-0.15, -0.1) is 0 Å². The molecule has 0 bridgehead atoms. The second kappa shape index (κ2) is 5.14. The number of aromatic nitrogens is 1. The predicted molar refractivity (Wildman–Crippen MR) is 64.3 cm³/mol. The molecule has 1 aliphatic rings. The van der Waals surface area contributed by atoms with Crippen molar-refractivity contribution in [3.63, 3.8) is 0 Å². The molecule has 0 spiro atoms. The molecule has 6 heteroatoms. The van der Waals surface area contributed by atoms with Crippen LogP contribution in [0, 0.1) is 0 Å². The Morgan fingerprint density at radius 1 is 1.50 bits per heavy atom. The van der Waals surface area contributed by atoms with Gasteiger partial charge in [0.25, 0.3) is 5.91 Å². The molecule has 0 saturated carbocycles. The maximum absolute atomic E-state index is 12.2. The Hall–Kier alpha value is -1.95. The average molecular weight is 249 g/mol. The lowest BCUT2D eigenvalue weighted by atomic mass is 10.1. The van der Waals surface area contributed by atoms with Crippen LogP contribution in [0.1, 0.15) is 33.7 Å². The molecular formula is C12H15N3O3. The van der Waals surface area contributed by atoms with Crippen LogP contribution in [0.25, 0.3) is 0 Å². The molecule has 1 fully saturated rings. The minimum Gasteiger partial charge on any atom is -0.478 e. The zero-order chi connectivity index (χ0) is 13.1. The summed E-state index contributed by atoms with van der Waals surface area (Å²) in [5, 5.41) is 9.03. The van der Waals surface area contributed by atoms with Crippen LogP contribution < -0.4 is 5.73 Å². The summed E-state index contributed by atoms with van der Waals surface area (Å²) in [6.07, 6.45) is 3.14. The van der Waals surface area contributed by atoms with Gasteiger partial charge in [-0.2, -0.15) is 0 Å². The summed E-state index contributed by atoms with van der Waals surface area (Å²) in [7, 11) is 0. The van der Waals surface area contributed by atoms with Crippen molar-refractivity contribution in [3.05, 3.63) is 29.6 Å². The van der Waals surface area contributed by atoms with E-state index in [1.54, 1.807) is 4.90 Å². The maximum Gasteiger partial charge on any atom is 0.338 e. The minimum atomic E-state index is -1.15. The third-order valence-corrected chi connectivity index (χ3v) is 2.99. The number of carboxylic acid groups (broad SMARTS) is 1. The van der Waals surface area contributed by atoms with Crippen LogP contribution in [-0.4, -0.2) is 46.0 Å². The van der Waals surface area contributed by atoms with Crippen LogP contribution in [-0.2, 0) is 0 Å². The third-order valence-electron chi connectivity index (χ3n) is 2.99. The van der Waals surface area contributed by atoms with Crippen LogP contribution in [0.5, 0.6) is 0 Å². The standard InChI is InChI=1S/C12H15N3O3/c13-8-3-2-6-15(7-8)11(16)10-9(12(17)18)4-1-5-14-10/h1,4-5,8H,2-3,6-7,13H2,(H,17,18). The quantitative estimate of drug-likeness (QED) is 0.788. The van der Waals surface area contributed by atoms with Gasteiger partial charge in [0.15, 0.2) is 0 Å². The van der Waals surface area contributed by atoms with Crippen molar-refractivity contribution in [2.75, 3.05) is 13.1 Å². The smallest absolute Gasteiger partial charge is 0.338 e. The van der Waals surface area contributed by atoms with E-state index in [0.717, 1.165) is 12.8 Å². The molecule has 0 radical (unpaired) electrons. The Labute approximate surface area is 104 Å². The highest BCUT2D eigenvalue weighted by atomic mass is 16.4. The lowest BCUT2D eigenvalue weighted by Gasteiger charge is -2.30. The number of carboxylic acids is 1. The van der Waals surface area contributed by atoms with Gasteiger partial charge in [-0.1, -0.05) is 0 Å². The number of nitrogens with two attached hydrogens (primary N) is 1. The molecule has 2 heterocycles. The van der Waals surface area contributed by atoms with Gasteiger partial charge in [0.2, 0.25) is 0 Å². The number of rotatable bonds is 2. The zero-order valence-corrected chi connectivity index (χ0v) is 9.87.